The predicted octanol–water partition coefficient (Wildman–Crippen LogP) is 0.766. The summed E-state index contributed by atoms with van der Waals surface area (Å²) in [6.45, 7) is 6.13. The maximum atomic E-state index is 10.5. The first-order valence-electron chi connectivity index (χ1n) is 5.17. The molecule has 1 rings (SSSR count). The first-order valence-corrected chi connectivity index (χ1v) is 5.17. The summed E-state index contributed by atoms with van der Waals surface area (Å²) in [5, 5.41) is 21.3. The molecule has 0 aliphatic heterocycles. The fourth-order valence-corrected chi connectivity index (χ4v) is 1.69. The molecular formula is C11H19NO3. The molecule has 2 unspecified atom stereocenters. The summed E-state index contributed by atoms with van der Waals surface area (Å²) in [6.07, 6.45) is 2.15. The van der Waals surface area contributed by atoms with E-state index in [0.717, 1.165) is 6.42 Å². The summed E-state index contributed by atoms with van der Waals surface area (Å²) in [7, 11) is 0. The topological polar surface area (TPSA) is 69.6 Å². The molecule has 1 aliphatic rings. The summed E-state index contributed by atoms with van der Waals surface area (Å²) >= 11 is 0. The molecule has 0 spiro atoms. The molecule has 0 radical (unpaired) electrons. The van der Waals surface area contributed by atoms with Gasteiger partial charge in [0.2, 0.25) is 0 Å². The third-order valence-electron chi connectivity index (χ3n) is 3.33. The van der Waals surface area contributed by atoms with Crippen molar-refractivity contribution in [3.8, 4) is 0 Å². The van der Waals surface area contributed by atoms with E-state index in [2.05, 4.69) is 5.32 Å². The van der Waals surface area contributed by atoms with Crippen molar-refractivity contribution in [2.75, 3.05) is 6.54 Å². The molecule has 15 heavy (non-hydrogen) atoms. The lowest BCUT2D eigenvalue weighted by Crippen LogP contribution is -2.59. The maximum absolute atomic E-state index is 10.5. The van der Waals surface area contributed by atoms with E-state index >= 15 is 0 Å². The van der Waals surface area contributed by atoms with E-state index in [4.69, 9.17) is 5.11 Å². The number of aliphatic carboxylic acids is 1. The summed E-state index contributed by atoms with van der Waals surface area (Å²) in [5.74, 6) is -0.885. The number of carbonyl (C=O) groups is 1. The minimum absolute atomic E-state index is 0.106. The Morgan fingerprint density at radius 2 is 2.20 bits per heavy atom. The van der Waals surface area contributed by atoms with Gasteiger partial charge in [-0.05, 0) is 13.3 Å². The summed E-state index contributed by atoms with van der Waals surface area (Å²) in [4.78, 5) is 10.5. The third kappa shape index (κ3) is 2.58. The average molecular weight is 213 g/mol. The zero-order valence-corrected chi connectivity index (χ0v) is 9.45. The minimum Gasteiger partial charge on any atom is -0.478 e. The van der Waals surface area contributed by atoms with Crippen molar-refractivity contribution in [2.45, 2.75) is 39.3 Å². The highest BCUT2D eigenvalue weighted by Gasteiger charge is 2.46. The van der Waals surface area contributed by atoms with Crippen LogP contribution in [-0.2, 0) is 4.79 Å². The number of nitrogens with one attached hydrogen (secondary N) is 1. The van der Waals surface area contributed by atoms with E-state index in [1.807, 2.05) is 13.8 Å². The Kier molecular flexibility index (Phi) is 3.52. The van der Waals surface area contributed by atoms with E-state index in [1.165, 1.54) is 0 Å². The Hall–Kier alpha value is -0.870. The quantitative estimate of drug-likeness (QED) is 0.603. The third-order valence-corrected chi connectivity index (χ3v) is 3.33. The van der Waals surface area contributed by atoms with Crippen LogP contribution in [-0.4, -0.2) is 34.9 Å². The van der Waals surface area contributed by atoms with Crippen LogP contribution in [0.25, 0.3) is 0 Å². The smallest absolute Gasteiger partial charge is 0.330 e. The molecule has 1 fully saturated rings. The van der Waals surface area contributed by atoms with Crippen molar-refractivity contribution in [2.24, 2.45) is 5.41 Å². The molecule has 86 valence electrons. The Morgan fingerprint density at radius 3 is 2.60 bits per heavy atom. The largest absolute Gasteiger partial charge is 0.478 e. The van der Waals surface area contributed by atoms with E-state index in [0.29, 0.717) is 12.1 Å². The van der Waals surface area contributed by atoms with Gasteiger partial charge in [0.15, 0.2) is 0 Å². The van der Waals surface area contributed by atoms with Crippen molar-refractivity contribution in [3.63, 3.8) is 0 Å². The van der Waals surface area contributed by atoms with Crippen LogP contribution in [0.2, 0.25) is 0 Å². The Morgan fingerprint density at radius 1 is 1.60 bits per heavy atom. The van der Waals surface area contributed by atoms with Gasteiger partial charge in [-0.1, -0.05) is 19.9 Å². The van der Waals surface area contributed by atoms with Crippen molar-refractivity contribution in [1.29, 1.82) is 0 Å². The van der Waals surface area contributed by atoms with Crippen LogP contribution >= 0.6 is 0 Å². The molecule has 0 aromatic rings. The number of hydrogen-bond acceptors (Lipinski definition) is 3. The average Bonchev–Trinajstić information content (AvgIpc) is 2.16. The number of aliphatic hydroxyl groups is 1. The molecule has 0 saturated heterocycles. The Bertz CT molecular complexity index is 284. The van der Waals surface area contributed by atoms with Crippen LogP contribution in [0.15, 0.2) is 11.6 Å². The van der Waals surface area contributed by atoms with Gasteiger partial charge < -0.3 is 15.5 Å². The van der Waals surface area contributed by atoms with Crippen LogP contribution < -0.4 is 5.32 Å². The second-order valence-electron chi connectivity index (χ2n) is 4.73. The van der Waals surface area contributed by atoms with Crippen LogP contribution in [0.3, 0.4) is 0 Å². The van der Waals surface area contributed by atoms with Gasteiger partial charge in [-0.2, -0.15) is 0 Å². The van der Waals surface area contributed by atoms with Gasteiger partial charge in [-0.3, -0.25) is 0 Å². The van der Waals surface area contributed by atoms with Crippen molar-refractivity contribution in [3.05, 3.63) is 11.6 Å². The standard InChI is InChI=1S/C11H19NO3/c1-7(10(14)15)4-5-12-8-6-9(13)11(8,2)3/h4,8-9,12-13H,5-6H2,1-3H3,(H,14,15). The first kappa shape index (κ1) is 12.2. The fourth-order valence-electron chi connectivity index (χ4n) is 1.69. The van der Waals surface area contributed by atoms with Crippen LogP contribution in [0.5, 0.6) is 0 Å². The van der Waals surface area contributed by atoms with Crippen molar-refractivity contribution < 1.29 is 15.0 Å². The van der Waals surface area contributed by atoms with E-state index in [-0.39, 0.29) is 17.6 Å². The normalized spacial score (nSPS) is 29.7. The van der Waals surface area contributed by atoms with E-state index in [9.17, 15) is 9.90 Å². The van der Waals surface area contributed by atoms with Gasteiger partial charge in [0.25, 0.3) is 0 Å². The molecule has 3 N–H and O–H groups in total. The van der Waals surface area contributed by atoms with Gasteiger partial charge in [-0.15, -0.1) is 0 Å². The van der Waals surface area contributed by atoms with Crippen molar-refractivity contribution in [1.82, 2.24) is 5.32 Å². The zero-order chi connectivity index (χ0) is 11.6. The monoisotopic (exact) mass is 213 g/mol. The summed E-state index contributed by atoms with van der Waals surface area (Å²) in [5.41, 5.74) is 0.241. The number of rotatable bonds is 4. The van der Waals surface area contributed by atoms with Crippen LogP contribution in [0.4, 0.5) is 0 Å². The molecular weight excluding hydrogens is 194 g/mol. The second-order valence-corrected chi connectivity index (χ2v) is 4.73. The first-order chi connectivity index (χ1) is 6.85. The van der Waals surface area contributed by atoms with Crippen LogP contribution in [0.1, 0.15) is 27.2 Å². The lowest BCUT2D eigenvalue weighted by molar-refractivity contribution is -0.132. The second kappa shape index (κ2) is 4.33. The van der Waals surface area contributed by atoms with Gasteiger partial charge in [0.05, 0.1) is 6.10 Å². The molecule has 0 amide bonds. The molecule has 0 aromatic carbocycles. The van der Waals surface area contributed by atoms with Gasteiger partial charge >= 0.3 is 5.97 Å². The van der Waals surface area contributed by atoms with E-state index < -0.39 is 5.97 Å². The highest BCUT2D eigenvalue weighted by molar-refractivity contribution is 5.85. The fraction of sp³-hybridized carbons (Fsp3) is 0.727. The van der Waals surface area contributed by atoms with E-state index in [1.54, 1.807) is 13.0 Å². The maximum Gasteiger partial charge on any atom is 0.330 e. The molecule has 1 saturated carbocycles. The highest BCUT2D eigenvalue weighted by Crippen LogP contribution is 2.40. The van der Waals surface area contributed by atoms with Gasteiger partial charge in [-0.25, -0.2) is 4.79 Å². The number of hydrogen-bond donors (Lipinski definition) is 3. The zero-order valence-electron chi connectivity index (χ0n) is 9.45. The molecule has 1 aliphatic carbocycles. The lowest BCUT2D eigenvalue weighted by Gasteiger charge is -2.49. The molecule has 0 heterocycles. The number of carboxylic acids is 1. The van der Waals surface area contributed by atoms with Gasteiger partial charge in [0, 0.05) is 23.6 Å². The minimum atomic E-state index is -0.885. The lowest BCUT2D eigenvalue weighted by atomic mass is 9.64. The summed E-state index contributed by atoms with van der Waals surface area (Å²) in [6, 6.07) is 0.269. The molecule has 4 nitrogen and oxygen atoms in total. The summed E-state index contributed by atoms with van der Waals surface area (Å²) < 4.78 is 0. The molecule has 2 atom stereocenters. The van der Waals surface area contributed by atoms with Gasteiger partial charge in [0.1, 0.15) is 0 Å². The van der Waals surface area contributed by atoms with Crippen LogP contribution in [0, 0.1) is 5.41 Å². The Balaban J connectivity index is 2.34. The Labute approximate surface area is 90.0 Å². The SMILES string of the molecule is CC(=CCNC1CC(O)C1(C)C)C(=O)O. The predicted molar refractivity (Wildman–Crippen MR) is 57.6 cm³/mol. The highest BCUT2D eigenvalue weighted by atomic mass is 16.4. The number of carboxylic acid groups (broad SMARTS) is 1. The molecule has 0 bridgehead atoms. The molecule has 0 aromatic heterocycles. The van der Waals surface area contributed by atoms with Crippen molar-refractivity contribution >= 4 is 5.97 Å². The molecule has 4 heteroatoms. The number of aliphatic hydroxyl groups excluding tert-OH is 1.